The number of benzene rings is 1. The molecule has 37 heavy (non-hydrogen) atoms. The molecule has 202 valence electrons. The number of amides is 2. The number of urea groups is 1. The van der Waals surface area contributed by atoms with Gasteiger partial charge >= 0.3 is 6.03 Å². The van der Waals surface area contributed by atoms with E-state index in [1.54, 1.807) is 12.1 Å². The average Bonchev–Trinajstić information content (AvgIpc) is 3.36. The summed E-state index contributed by atoms with van der Waals surface area (Å²) in [5, 5.41) is 5.66. The number of likely N-dealkylation sites (N-methyl/N-ethyl adjacent to an activating group) is 1. The summed E-state index contributed by atoms with van der Waals surface area (Å²) in [6.45, 7) is 5.22. The van der Waals surface area contributed by atoms with Gasteiger partial charge in [0.15, 0.2) is 15.7 Å². The van der Waals surface area contributed by atoms with Crippen LogP contribution >= 0.6 is 0 Å². The summed E-state index contributed by atoms with van der Waals surface area (Å²) in [7, 11) is 0.497. The smallest absolute Gasteiger partial charge is 0.319 e. The number of carbonyl (C=O) groups excluding carboxylic acids is 1. The number of morpholine rings is 1. The third-order valence-electron chi connectivity index (χ3n) is 7.21. The standard InChI is InChI=1S/C26H38N6O4S/c1-19-18-36-16-15-32(19)23-17-22(26(37(4,34)35)11-5-6-12-26)29-24(30-23)20-7-9-21(10-8-20)28-25(33)27-13-14-31(2)3/h7-10,17,19H,5-6,11-16,18H2,1-4H3,(H2,27,28,33)/t19-/m0/s1. The zero-order valence-corrected chi connectivity index (χ0v) is 23.0. The number of hydrogen-bond acceptors (Lipinski definition) is 8. The minimum absolute atomic E-state index is 0.111. The molecule has 1 saturated carbocycles. The van der Waals surface area contributed by atoms with E-state index in [0.29, 0.717) is 62.2 Å². The highest BCUT2D eigenvalue weighted by atomic mass is 32.2. The molecule has 0 unspecified atom stereocenters. The summed E-state index contributed by atoms with van der Waals surface area (Å²) in [6.07, 6.45) is 4.15. The Morgan fingerprint density at radius 1 is 1.19 bits per heavy atom. The molecule has 0 radical (unpaired) electrons. The Morgan fingerprint density at radius 3 is 2.51 bits per heavy atom. The fourth-order valence-electron chi connectivity index (χ4n) is 5.05. The SMILES string of the molecule is C[C@H]1COCCN1c1cc(C2(S(C)(=O)=O)CCCC2)nc(-c2ccc(NC(=O)NCCN(C)C)cc2)n1. The van der Waals surface area contributed by atoms with E-state index < -0.39 is 14.6 Å². The number of nitrogens with zero attached hydrogens (tertiary/aromatic N) is 4. The van der Waals surface area contributed by atoms with Crippen molar-refractivity contribution in [3.05, 3.63) is 36.0 Å². The van der Waals surface area contributed by atoms with Gasteiger partial charge in [0.2, 0.25) is 0 Å². The maximum absolute atomic E-state index is 13.1. The van der Waals surface area contributed by atoms with Gasteiger partial charge in [0.25, 0.3) is 0 Å². The maximum atomic E-state index is 13.1. The van der Waals surface area contributed by atoms with Gasteiger partial charge in [-0.05, 0) is 58.1 Å². The average molecular weight is 531 g/mol. The summed E-state index contributed by atoms with van der Waals surface area (Å²) in [4.78, 5) is 26.1. The first kappa shape index (κ1) is 27.3. The van der Waals surface area contributed by atoms with Crippen molar-refractivity contribution < 1.29 is 17.9 Å². The number of sulfone groups is 1. The molecule has 2 fully saturated rings. The minimum atomic E-state index is -3.40. The van der Waals surface area contributed by atoms with Crippen LogP contribution in [0.4, 0.5) is 16.3 Å². The molecular formula is C26H38N6O4S. The van der Waals surface area contributed by atoms with Crippen molar-refractivity contribution in [3.8, 4) is 11.4 Å². The second kappa shape index (κ2) is 11.3. The van der Waals surface area contributed by atoms with E-state index in [0.717, 1.165) is 24.9 Å². The van der Waals surface area contributed by atoms with Gasteiger partial charge in [0, 0.05) is 43.2 Å². The lowest BCUT2D eigenvalue weighted by Gasteiger charge is -2.35. The first-order valence-corrected chi connectivity index (χ1v) is 14.7. The number of aromatic nitrogens is 2. The van der Waals surface area contributed by atoms with Crippen LogP contribution in [0.3, 0.4) is 0 Å². The van der Waals surface area contributed by atoms with Crippen LogP contribution in [0.25, 0.3) is 11.4 Å². The summed E-state index contributed by atoms with van der Waals surface area (Å²) in [5.41, 5.74) is 1.96. The molecule has 1 saturated heterocycles. The third-order valence-corrected chi connectivity index (χ3v) is 9.24. The predicted octanol–water partition coefficient (Wildman–Crippen LogP) is 2.87. The molecular weight excluding hydrogens is 492 g/mol. The minimum Gasteiger partial charge on any atom is -0.377 e. The lowest BCUT2D eigenvalue weighted by Crippen LogP contribution is -2.44. The van der Waals surface area contributed by atoms with Gasteiger partial charge in [-0.25, -0.2) is 23.2 Å². The number of ether oxygens (including phenoxy) is 1. The zero-order chi connectivity index (χ0) is 26.6. The summed E-state index contributed by atoms with van der Waals surface area (Å²) >= 11 is 0. The molecule has 1 aromatic carbocycles. The van der Waals surface area contributed by atoms with Crippen LogP contribution in [0.2, 0.25) is 0 Å². The Kier molecular flexibility index (Phi) is 8.35. The Bertz CT molecular complexity index is 1200. The van der Waals surface area contributed by atoms with Crippen LogP contribution < -0.4 is 15.5 Å². The first-order chi connectivity index (χ1) is 17.6. The Balaban J connectivity index is 1.66. The van der Waals surface area contributed by atoms with Crippen LogP contribution in [0.1, 0.15) is 38.3 Å². The molecule has 1 atom stereocenters. The topological polar surface area (TPSA) is 117 Å². The van der Waals surface area contributed by atoms with Gasteiger partial charge in [-0.1, -0.05) is 12.8 Å². The molecule has 10 nitrogen and oxygen atoms in total. The Morgan fingerprint density at radius 2 is 1.89 bits per heavy atom. The highest BCUT2D eigenvalue weighted by Gasteiger charge is 2.47. The van der Waals surface area contributed by atoms with Gasteiger partial charge in [0.1, 0.15) is 10.6 Å². The van der Waals surface area contributed by atoms with Crippen molar-refractivity contribution in [1.82, 2.24) is 20.2 Å². The monoisotopic (exact) mass is 530 g/mol. The number of hydrogen-bond donors (Lipinski definition) is 2. The molecule has 2 aliphatic rings. The largest absolute Gasteiger partial charge is 0.377 e. The van der Waals surface area contributed by atoms with Gasteiger partial charge in [-0.15, -0.1) is 0 Å². The maximum Gasteiger partial charge on any atom is 0.319 e. The van der Waals surface area contributed by atoms with E-state index in [4.69, 9.17) is 14.7 Å². The molecule has 1 aliphatic heterocycles. The second-order valence-corrected chi connectivity index (χ2v) is 12.6. The quantitative estimate of drug-likeness (QED) is 0.535. The summed E-state index contributed by atoms with van der Waals surface area (Å²) in [6, 6.07) is 9.01. The third kappa shape index (κ3) is 6.22. The molecule has 4 rings (SSSR count). The summed E-state index contributed by atoms with van der Waals surface area (Å²) in [5.74, 6) is 1.19. The highest BCUT2D eigenvalue weighted by molar-refractivity contribution is 7.91. The molecule has 0 bridgehead atoms. The van der Waals surface area contributed by atoms with E-state index in [9.17, 15) is 13.2 Å². The van der Waals surface area contributed by atoms with E-state index >= 15 is 0 Å². The van der Waals surface area contributed by atoms with Crippen LogP contribution in [0, 0.1) is 0 Å². The van der Waals surface area contributed by atoms with Gasteiger partial charge < -0.3 is 25.2 Å². The molecule has 2 heterocycles. The van der Waals surface area contributed by atoms with Crippen molar-refractivity contribution in [1.29, 1.82) is 0 Å². The van der Waals surface area contributed by atoms with Crippen molar-refractivity contribution in [2.24, 2.45) is 0 Å². The number of nitrogens with one attached hydrogen (secondary N) is 2. The van der Waals surface area contributed by atoms with E-state index in [-0.39, 0.29) is 12.1 Å². The molecule has 2 N–H and O–H groups in total. The predicted molar refractivity (Wildman–Crippen MR) is 146 cm³/mol. The van der Waals surface area contributed by atoms with E-state index in [1.165, 1.54) is 6.26 Å². The van der Waals surface area contributed by atoms with Crippen LogP contribution in [0.5, 0.6) is 0 Å². The highest BCUT2D eigenvalue weighted by Crippen LogP contribution is 2.45. The van der Waals surface area contributed by atoms with Crippen LogP contribution in [0.15, 0.2) is 30.3 Å². The number of anilines is 2. The van der Waals surface area contributed by atoms with E-state index in [1.807, 2.05) is 37.2 Å². The molecule has 2 amide bonds. The Labute approximate surface area is 219 Å². The zero-order valence-electron chi connectivity index (χ0n) is 22.2. The van der Waals surface area contributed by atoms with Gasteiger partial charge in [0.05, 0.1) is 24.9 Å². The second-order valence-electron chi connectivity index (χ2n) is 10.3. The molecule has 1 aromatic heterocycles. The van der Waals surface area contributed by atoms with Crippen LogP contribution in [-0.4, -0.2) is 88.6 Å². The van der Waals surface area contributed by atoms with Gasteiger partial charge in [-0.2, -0.15) is 0 Å². The first-order valence-electron chi connectivity index (χ1n) is 12.8. The Hall–Kier alpha value is -2.76. The van der Waals surface area contributed by atoms with E-state index in [2.05, 4.69) is 22.5 Å². The molecule has 2 aromatic rings. The van der Waals surface area contributed by atoms with Gasteiger partial charge in [-0.3, -0.25) is 0 Å². The lowest BCUT2D eigenvalue weighted by molar-refractivity contribution is 0.0985. The number of rotatable bonds is 8. The van der Waals surface area contributed by atoms with Crippen molar-refractivity contribution in [2.45, 2.75) is 43.4 Å². The normalized spacial score (nSPS) is 19.7. The molecule has 1 aliphatic carbocycles. The fraction of sp³-hybridized carbons (Fsp3) is 0.577. The lowest BCUT2D eigenvalue weighted by atomic mass is 10.0. The molecule has 11 heteroatoms. The van der Waals surface area contributed by atoms with Crippen LogP contribution in [-0.2, 0) is 19.3 Å². The van der Waals surface area contributed by atoms with Crippen molar-refractivity contribution in [3.63, 3.8) is 0 Å². The van der Waals surface area contributed by atoms with Crippen molar-refractivity contribution >= 4 is 27.4 Å². The number of carbonyl (C=O) groups is 1. The molecule has 0 spiro atoms. The fourth-order valence-corrected chi connectivity index (χ4v) is 6.56. The summed E-state index contributed by atoms with van der Waals surface area (Å²) < 4.78 is 30.8. The van der Waals surface area contributed by atoms with Crippen molar-refractivity contribution in [2.75, 3.05) is 63.4 Å².